The molecule has 3 heterocycles. The predicted octanol–water partition coefficient (Wildman–Crippen LogP) is 17.7. The van der Waals surface area contributed by atoms with Crippen LogP contribution in [0.1, 0.15) is 95.7 Å². The van der Waals surface area contributed by atoms with Gasteiger partial charge in [-0.05, 0) is 154 Å². The van der Waals surface area contributed by atoms with Crippen molar-refractivity contribution in [3.05, 3.63) is 191 Å². The van der Waals surface area contributed by atoms with Crippen molar-refractivity contribution < 1.29 is 4.74 Å². The van der Waals surface area contributed by atoms with E-state index in [2.05, 4.69) is 249 Å². The number of para-hydroxylation sites is 3. The van der Waals surface area contributed by atoms with Crippen LogP contribution < -0.4 is 19.4 Å². The first kappa shape index (κ1) is 44.7. The van der Waals surface area contributed by atoms with Crippen LogP contribution in [0.2, 0.25) is 0 Å². The molecule has 0 fully saturated rings. The van der Waals surface area contributed by atoms with E-state index in [4.69, 9.17) is 9.72 Å². The summed E-state index contributed by atoms with van der Waals surface area (Å²) in [5.74, 6) is 2.39. The summed E-state index contributed by atoms with van der Waals surface area (Å²) in [6.07, 6.45) is 1.94. The third-order valence-corrected chi connectivity index (χ3v) is 13.8. The molecule has 0 saturated heterocycles. The Morgan fingerprint density at radius 3 is 1.65 bits per heavy atom. The highest BCUT2D eigenvalue weighted by atomic mass is 16.5. The second-order valence-electron chi connectivity index (χ2n) is 22.0. The van der Waals surface area contributed by atoms with E-state index in [0.717, 1.165) is 45.5 Å². The van der Waals surface area contributed by atoms with Crippen LogP contribution in [-0.4, -0.2) is 11.7 Å². The van der Waals surface area contributed by atoms with E-state index in [1.807, 2.05) is 6.20 Å². The first-order chi connectivity index (χ1) is 32.3. The molecule has 5 heteroatoms. The fourth-order valence-electron chi connectivity index (χ4n) is 10.5. The Morgan fingerprint density at radius 1 is 0.471 bits per heavy atom. The van der Waals surface area contributed by atoms with E-state index in [9.17, 15) is 0 Å². The van der Waals surface area contributed by atoms with Crippen molar-refractivity contribution in [2.45, 2.75) is 99.3 Å². The largest absolute Gasteiger partial charge is 0.457 e. The number of hydrogen-bond donors (Lipinski definition) is 0. The standard InChI is InChI=1S/C63H64N4O/c1-40-32-41(2)59(42(3)33-40)43-34-52(62(7,8)9)60(53(35-43)63(10,11)12)66-39-65(55-26-17-18-27-56(55)66)45-20-19-21-46(37-45)68-47-28-29-51-49-23-14-13-22-48(49)50-24-15-16-25-54(50)67(57(51)38-47)58-36-44(30-31-64-58)61(4,5)6/h13-38H,39H2,1-12H3. The Hall–Kier alpha value is -7.11. The van der Waals surface area contributed by atoms with Gasteiger partial charge in [0.1, 0.15) is 24.0 Å². The van der Waals surface area contributed by atoms with Crippen LogP contribution in [0, 0.1) is 20.8 Å². The lowest BCUT2D eigenvalue weighted by Gasteiger charge is -2.36. The van der Waals surface area contributed by atoms with Crippen LogP contribution in [0.25, 0.3) is 33.4 Å². The lowest BCUT2D eigenvalue weighted by Crippen LogP contribution is -2.30. The number of anilines is 7. The van der Waals surface area contributed by atoms with Crippen LogP contribution >= 0.6 is 0 Å². The molecule has 2 aliphatic heterocycles. The van der Waals surface area contributed by atoms with E-state index in [1.54, 1.807) is 0 Å². The molecule has 8 aromatic rings. The number of nitrogens with zero attached hydrogens (tertiary/aromatic N) is 4. The summed E-state index contributed by atoms with van der Waals surface area (Å²) < 4.78 is 6.95. The van der Waals surface area contributed by atoms with Crippen molar-refractivity contribution >= 4 is 39.9 Å². The minimum atomic E-state index is -0.132. The van der Waals surface area contributed by atoms with Gasteiger partial charge in [0, 0.05) is 35.1 Å². The molecule has 2 aliphatic rings. The SMILES string of the molecule is Cc1cc(C)c(-c2cc(C(C)(C)C)c(N3CN(c4cccc(Oc5ccc6c(c5)N(c5cc(C(C)(C)C)ccn5)c5ccccc5-c5ccccc5-6)c4)c4ccccc43)c(C(C)(C)C)c2)c(C)c1. The highest BCUT2D eigenvalue weighted by Gasteiger charge is 2.36. The van der Waals surface area contributed by atoms with Crippen LogP contribution in [0.4, 0.5) is 39.9 Å². The summed E-state index contributed by atoms with van der Waals surface area (Å²) in [5.41, 5.74) is 21.6. The maximum absolute atomic E-state index is 6.95. The molecular weight excluding hydrogens is 829 g/mol. The summed E-state index contributed by atoms with van der Waals surface area (Å²) in [6, 6.07) is 55.3. The second kappa shape index (κ2) is 16.6. The third-order valence-electron chi connectivity index (χ3n) is 13.8. The van der Waals surface area contributed by atoms with Crippen LogP contribution in [0.5, 0.6) is 11.5 Å². The predicted molar refractivity (Wildman–Crippen MR) is 288 cm³/mol. The Morgan fingerprint density at radius 2 is 1.03 bits per heavy atom. The maximum atomic E-state index is 6.95. The van der Waals surface area contributed by atoms with E-state index in [-0.39, 0.29) is 16.2 Å². The molecule has 0 bridgehead atoms. The van der Waals surface area contributed by atoms with Gasteiger partial charge in [-0.2, -0.15) is 0 Å². The maximum Gasteiger partial charge on any atom is 0.137 e. The van der Waals surface area contributed by atoms with E-state index >= 15 is 0 Å². The lowest BCUT2D eigenvalue weighted by atomic mass is 9.76. The average molecular weight is 893 g/mol. The van der Waals surface area contributed by atoms with Crippen molar-refractivity contribution in [2.75, 3.05) is 21.4 Å². The molecule has 0 unspecified atom stereocenters. The highest BCUT2D eigenvalue weighted by molar-refractivity contribution is 6.02. The summed E-state index contributed by atoms with van der Waals surface area (Å²) in [4.78, 5) is 12.3. The molecule has 0 spiro atoms. The van der Waals surface area contributed by atoms with Crippen molar-refractivity contribution in [3.63, 3.8) is 0 Å². The van der Waals surface area contributed by atoms with Gasteiger partial charge in [0.25, 0.3) is 0 Å². The third kappa shape index (κ3) is 8.02. The van der Waals surface area contributed by atoms with Gasteiger partial charge in [0.15, 0.2) is 0 Å². The molecule has 342 valence electrons. The smallest absolute Gasteiger partial charge is 0.137 e. The van der Waals surface area contributed by atoms with E-state index in [0.29, 0.717) is 6.67 Å². The number of fused-ring (bicyclic) bond motifs is 6. The zero-order chi connectivity index (χ0) is 47.9. The Balaban J connectivity index is 1.05. The topological polar surface area (TPSA) is 31.8 Å². The molecular formula is C63H64N4O. The zero-order valence-corrected chi connectivity index (χ0v) is 41.9. The molecule has 1 aromatic heterocycles. The van der Waals surface area contributed by atoms with E-state index < -0.39 is 0 Å². The van der Waals surface area contributed by atoms with Crippen LogP contribution in [0.3, 0.4) is 0 Å². The van der Waals surface area contributed by atoms with Crippen molar-refractivity contribution in [1.29, 1.82) is 0 Å². The first-order valence-electron chi connectivity index (χ1n) is 24.1. The fraction of sp³-hybridized carbons (Fsp3) is 0.254. The molecule has 0 amide bonds. The van der Waals surface area contributed by atoms with Gasteiger partial charge in [-0.15, -0.1) is 0 Å². The molecule has 68 heavy (non-hydrogen) atoms. The lowest BCUT2D eigenvalue weighted by molar-refractivity contribution is 0.483. The Labute approximate surface area is 404 Å². The molecule has 5 nitrogen and oxygen atoms in total. The van der Waals surface area contributed by atoms with Crippen molar-refractivity contribution in [1.82, 2.24) is 4.98 Å². The van der Waals surface area contributed by atoms with Gasteiger partial charge in [0.2, 0.25) is 0 Å². The molecule has 0 radical (unpaired) electrons. The first-order valence-corrected chi connectivity index (χ1v) is 24.1. The zero-order valence-electron chi connectivity index (χ0n) is 41.9. The molecule has 10 rings (SSSR count). The minimum absolute atomic E-state index is 0.0494. The average Bonchev–Trinajstić information content (AvgIpc) is 3.62. The van der Waals surface area contributed by atoms with Crippen molar-refractivity contribution in [2.24, 2.45) is 0 Å². The summed E-state index contributed by atoms with van der Waals surface area (Å²) >= 11 is 0. The molecule has 7 aromatic carbocycles. The molecule has 0 saturated carbocycles. The minimum Gasteiger partial charge on any atom is -0.457 e. The Bertz CT molecular complexity index is 3190. The number of pyridine rings is 1. The summed E-state index contributed by atoms with van der Waals surface area (Å²) in [7, 11) is 0. The van der Waals surface area contributed by atoms with Gasteiger partial charge in [0.05, 0.1) is 28.4 Å². The Kier molecular flexibility index (Phi) is 10.9. The quantitative estimate of drug-likeness (QED) is 0.166. The molecule has 0 atom stereocenters. The summed E-state index contributed by atoms with van der Waals surface area (Å²) in [5, 5.41) is 0. The van der Waals surface area contributed by atoms with Gasteiger partial charge in [-0.25, -0.2) is 4.98 Å². The number of aryl methyl sites for hydroxylation is 3. The van der Waals surface area contributed by atoms with E-state index in [1.165, 1.54) is 72.7 Å². The number of aromatic nitrogens is 1. The van der Waals surface area contributed by atoms with Gasteiger partial charge >= 0.3 is 0 Å². The van der Waals surface area contributed by atoms with Crippen LogP contribution in [0.15, 0.2) is 158 Å². The number of ether oxygens (including phenoxy) is 1. The number of benzene rings is 7. The fourth-order valence-corrected chi connectivity index (χ4v) is 10.5. The number of rotatable bonds is 6. The highest BCUT2D eigenvalue weighted by Crippen LogP contribution is 2.54. The van der Waals surface area contributed by atoms with Crippen LogP contribution in [-0.2, 0) is 16.2 Å². The monoisotopic (exact) mass is 893 g/mol. The summed E-state index contributed by atoms with van der Waals surface area (Å²) in [6.45, 7) is 28.3. The second-order valence-corrected chi connectivity index (χ2v) is 22.0. The molecule has 0 N–H and O–H groups in total. The van der Waals surface area contributed by atoms with Gasteiger partial charge in [-0.1, -0.05) is 141 Å². The molecule has 0 aliphatic carbocycles. The van der Waals surface area contributed by atoms with Gasteiger partial charge < -0.3 is 14.5 Å². The number of hydrogen-bond acceptors (Lipinski definition) is 5. The van der Waals surface area contributed by atoms with Gasteiger partial charge in [-0.3, -0.25) is 4.90 Å². The normalized spacial score (nSPS) is 13.4. The van der Waals surface area contributed by atoms with Crippen molar-refractivity contribution in [3.8, 4) is 44.9 Å².